The zero-order valence-corrected chi connectivity index (χ0v) is 20.8. The molecule has 0 fully saturated rings. The first-order valence-corrected chi connectivity index (χ1v) is 13.5. The van der Waals surface area contributed by atoms with Crippen molar-refractivity contribution in [1.29, 1.82) is 0 Å². The van der Waals surface area contributed by atoms with E-state index in [1.807, 2.05) is 24.3 Å². The molecule has 1 aliphatic heterocycles. The van der Waals surface area contributed by atoms with Gasteiger partial charge in [-0.25, -0.2) is 8.42 Å². The molecule has 0 N–H and O–H groups in total. The minimum absolute atomic E-state index is 0.0722. The molecule has 0 unspecified atom stereocenters. The van der Waals surface area contributed by atoms with E-state index in [-0.39, 0.29) is 29.2 Å². The highest BCUT2D eigenvalue weighted by Gasteiger charge is 2.32. The Morgan fingerprint density at radius 3 is 2.25 bits per heavy atom. The lowest BCUT2D eigenvalue weighted by molar-refractivity contribution is -0.156. The number of benzene rings is 1. The first-order valence-electron chi connectivity index (χ1n) is 10.3. The summed E-state index contributed by atoms with van der Waals surface area (Å²) in [6.07, 6.45) is 0.749. The van der Waals surface area contributed by atoms with E-state index in [1.54, 1.807) is 0 Å². The first kappa shape index (κ1) is 26.3. The summed E-state index contributed by atoms with van der Waals surface area (Å²) >= 11 is 0. The Hall–Kier alpha value is -2.00. The lowest BCUT2D eigenvalue weighted by Crippen LogP contribution is -2.33. The van der Waals surface area contributed by atoms with E-state index in [2.05, 4.69) is 31.6 Å². The van der Waals surface area contributed by atoms with Crippen LogP contribution < -0.4 is 0 Å². The van der Waals surface area contributed by atoms with Crippen LogP contribution in [0.1, 0.15) is 52.2 Å². The summed E-state index contributed by atoms with van der Waals surface area (Å²) < 4.78 is 57.9. The molecular weight excluding hydrogens is 454 g/mol. The molecule has 0 aliphatic carbocycles. The lowest BCUT2D eigenvalue weighted by atomic mass is 9.88. The zero-order valence-electron chi connectivity index (χ0n) is 19.2. The predicted octanol–water partition coefficient (Wildman–Crippen LogP) is 3.02. The van der Waals surface area contributed by atoms with Gasteiger partial charge in [0.25, 0.3) is 10.1 Å². The van der Waals surface area contributed by atoms with Crippen LogP contribution >= 0.6 is 0 Å². The largest absolute Gasteiger partial charge is 0.460 e. The maximum atomic E-state index is 12.5. The van der Waals surface area contributed by atoms with E-state index >= 15 is 0 Å². The second-order valence-electron chi connectivity index (χ2n) is 9.74. The molecule has 0 spiro atoms. The quantitative estimate of drug-likeness (QED) is 0.330. The summed E-state index contributed by atoms with van der Waals surface area (Å²) in [4.78, 5) is 15.9. The summed E-state index contributed by atoms with van der Waals surface area (Å²) in [5.41, 5.74) is 0.925. The van der Waals surface area contributed by atoms with E-state index in [0.29, 0.717) is 0 Å². The molecular formula is C22H31NO7S2. The topological polar surface area (TPSA) is 116 Å². The molecule has 0 saturated heterocycles. The molecule has 2 rings (SSSR count). The van der Waals surface area contributed by atoms with E-state index in [1.165, 1.54) is 13.8 Å². The van der Waals surface area contributed by atoms with Crippen molar-refractivity contribution in [2.45, 2.75) is 54.1 Å². The van der Waals surface area contributed by atoms with E-state index in [0.717, 1.165) is 17.5 Å². The highest BCUT2D eigenvalue weighted by Crippen LogP contribution is 2.23. The number of carbonyl (C=O) groups is 1. The molecule has 0 atom stereocenters. The van der Waals surface area contributed by atoms with Gasteiger partial charge < -0.3 is 4.74 Å². The second-order valence-corrected chi connectivity index (χ2v) is 13.5. The van der Waals surface area contributed by atoms with E-state index < -0.39 is 43.7 Å². The number of sulfone groups is 1. The van der Waals surface area contributed by atoms with E-state index in [9.17, 15) is 21.6 Å². The Morgan fingerprint density at radius 1 is 1.03 bits per heavy atom. The standard InChI is InChI=1S/C22H31NO7S2/c1-21(2,3)13-17-8-6-9-18(12-17)15-29-20(24)22(4,5)16-30-32(27,28)11-7-10-31(25,26)19-14-23-19/h6,8-9,12H,7,10-11,13,15-16H2,1-5H3. The average molecular weight is 486 g/mol. The molecule has 0 bridgehead atoms. The van der Waals surface area contributed by atoms with Gasteiger partial charge >= 0.3 is 5.97 Å². The highest BCUT2D eigenvalue weighted by molar-refractivity contribution is 7.95. The zero-order chi connectivity index (χ0) is 24.2. The van der Waals surface area contributed by atoms with Gasteiger partial charge in [-0.15, -0.1) is 0 Å². The molecule has 0 amide bonds. The number of rotatable bonds is 12. The summed E-state index contributed by atoms with van der Waals surface area (Å²) in [6, 6.07) is 7.80. The van der Waals surface area contributed by atoms with Gasteiger partial charge in [0.15, 0.2) is 0 Å². The molecule has 1 aromatic carbocycles. The normalized spacial score (nSPS) is 14.2. The molecule has 1 aromatic rings. The van der Waals surface area contributed by atoms with Crippen molar-refractivity contribution < 1.29 is 30.6 Å². The summed E-state index contributed by atoms with van der Waals surface area (Å²) in [7, 11) is -7.57. The van der Waals surface area contributed by atoms with Crippen LogP contribution in [-0.4, -0.2) is 46.8 Å². The van der Waals surface area contributed by atoms with Crippen molar-refractivity contribution in [3.05, 3.63) is 40.4 Å². The van der Waals surface area contributed by atoms with Crippen LogP contribution in [0.5, 0.6) is 0 Å². The fraction of sp³-hybridized carbons (Fsp3) is 0.591. The third-order valence-corrected chi connectivity index (χ3v) is 7.42. The Morgan fingerprint density at radius 2 is 1.66 bits per heavy atom. The molecule has 0 radical (unpaired) electrons. The van der Waals surface area contributed by atoms with Crippen molar-refractivity contribution in [2.75, 3.05) is 18.1 Å². The summed E-state index contributed by atoms with van der Waals surface area (Å²) in [5.74, 6) is 0.808. The van der Waals surface area contributed by atoms with Gasteiger partial charge in [0.2, 0.25) is 14.9 Å². The SMILES string of the molecule is CC(C)(C)Cc1cccc(COC(=O)C(C)(C)COS(=O)(=O)CCCS(=O)(=O)C2=C=N2)c1. The Labute approximate surface area is 190 Å². The van der Waals surface area contributed by atoms with Gasteiger partial charge in [0.1, 0.15) is 6.61 Å². The monoisotopic (exact) mass is 485 g/mol. The Balaban J connectivity index is 1.82. The maximum Gasteiger partial charge on any atom is 0.314 e. The first-order chi connectivity index (χ1) is 14.6. The van der Waals surface area contributed by atoms with Crippen molar-refractivity contribution in [1.82, 2.24) is 0 Å². The van der Waals surface area contributed by atoms with Crippen molar-refractivity contribution in [3.8, 4) is 0 Å². The smallest absolute Gasteiger partial charge is 0.314 e. The maximum absolute atomic E-state index is 12.5. The van der Waals surface area contributed by atoms with Crippen molar-refractivity contribution in [2.24, 2.45) is 15.8 Å². The molecule has 1 aliphatic rings. The van der Waals surface area contributed by atoms with Gasteiger partial charge in [0, 0.05) is 5.87 Å². The van der Waals surface area contributed by atoms with Gasteiger partial charge in [-0.3, -0.25) is 8.98 Å². The van der Waals surface area contributed by atoms with Crippen molar-refractivity contribution >= 4 is 31.8 Å². The number of nitrogens with zero attached hydrogens (tertiary/aromatic N) is 1. The third-order valence-electron chi connectivity index (χ3n) is 4.55. The minimum Gasteiger partial charge on any atom is -0.460 e. The predicted molar refractivity (Wildman–Crippen MR) is 122 cm³/mol. The summed E-state index contributed by atoms with van der Waals surface area (Å²) in [6.45, 7) is 9.17. The van der Waals surface area contributed by atoms with Crippen LogP contribution in [-0.2, 0) is 46.7 Å². The molecule has 178 valence electrons. The lowest BCUT2D eigenvalue weighted by Gasteiger charge is -2.22. The third kappa shape index (κ3) is 8.86. The Bertz CT molecular complexity index is 1120. The molecule has 0 aromatic heterocycles. The number of carbonyl (C=O) groups excluding carboxylic acids is 1. The second kappa shape index (κ2) is 9.87. The fourth-order valence-corrected chi connectivity index (χ4v) is 5.14. The molecule has 32 heavy (non-hydrogen) atoms. The number of aliphatic imine (C=N–C) groups is 1. The molecule has 1 heterocycles. The van der Waals surface area contributed by atoms with Crippen LogP contribution in [0.25, 0.3) is 0 Å². The van der Waals surface area contributed by atoms with Gasteiger partial charge in [-0.1, -0.05) is 45.0 Å². The molecule has 8 nitrogen and oxygen atoms in total. The number of esters is 1. The van der Waals surface area contributed by atoms with Crippen LogP contribution in [0.2, 0.25) is 0 Å². The van der Waals surface area contributed by atoms with Gasteiger partial charge in [-0.05, 0) is 43.2 Å². The van der Waals surface area contributed by atoms with E-state index in [4.69, 9.17) is 8.92 Å². The number of hydrogen-bond donors (Lipinski definition) is 0. The van der Waals surface area contributed by atoms with Gasteiger partial charge in [0.05, 0.1) is 23.5 Å². The highest BCUT2D eigenvalue weighted by atomic mass is 32.2. The van der Waals surface area contributed by atoms with Crippen LogP contribution in [0.3, 0.4) is 0 Å². The summed E-state index contributed by atoms with van der Waals surface area (Å²) in [5, 5.41) is -0.136. The van der Waals surface area contributed by atoms with Crippen LogP contribution in [0.4, 0.5) is 0 Å². The fourth-order valence-electron chi connectivity index (χ4n) is 2.83. The van der Waals surface area contributed by atoms with Crippen molar-refractivity contribution in [3.63, 3.8) is 0 Å². The minimum atomic E-state index is -4.00. The molecule has 0 saturated carbocycles. The Kier molecular flexibility index (Phi) is 8.10. The number of ether oxygens (including phenoxy) is 1. The molecule has 10 heteroatoms. The van der Waals surface area contributed by atoms with Crippen LogP contribution in [0, 0.1) is 10.8 Å². The van der Waals surface area contributed by atoms with Crippen LogP contribution in [0.15, 0.2) is 34.3 Å². The average Bonchev–Trinajstić information content (AvgIpc) is 3.49. The number of hydrogen-bond acceptors (Lipinski definition) is 8. The van der Waals surface area contributed by atoms with Gasteiger partial charge in [-0.2, -0.15) is 13.4 Å².